The molecule has 0 aliphatic carbocycles. The number of aromatic nitrogens is 2. The molecule has 0 spiro atoms. The highest BCUT2D eigenvalue weighted by atomic mass is 32.2. The first-order chi connectivity index (χ1) is 12.6. The number of rotatable bonds is 4. The summed E-state index contributed by atoms with van der Waals surface area (Å²) in [6.45, 7) is 0. The van der Waals surface area contributed by atoms with Crippen LogP contribution in [-0.4, -0.2) is 40.1 Å². The molecule has 26 heavy (non-hydrogen) atoms. The molecule has 1 N–H and O–H groups in total. The number of carbonyl (C=O) groups is 2. The first-order valence-corrected chi connectivity index (χ1v) is 8.08. The zero-order valence-corrected chi connectivity index (χ0v) is 14.2. The third-order valence-electron chi connectivity index (χ3n) is 3.19. The number of nitrogens with one attached hydrogen (secondary N) is 1. The van der Waals surface area contributed by atoms with Gasteiger partial charge in [-0.2, -0.15) is 10.2 Å². The minimum Gasteiger partial charge on any atom is -0.466 e. The topological polar surface area (TPSA) is 97.9 Å². The van der Waals surface area contributed by atoms with E-state index in [-0.39, 0.29) is 10.1 Å². The lowest BCUT2D eigenvalue weighted by Crippen LogP contribution is -2.19. The van der Waals surface area contributed by atoms with Gasteiger partial charge in [0.05, 0.1) is 23.9 Å². The fourth-order valence-corrected chi connectivity index (χ4v) is 2.77. The highest BCUT2D eigenvalue weighted by molar-refractivity contribution is 8.18. The molecule has 0 atom stereocenters. The Morgan fingerprint density at radius 1 is 1.46 bits per heavy atom. The van der Waals surface area contributed by atoms with Crippen LogP contribution in [0.1, 0.15) is 5.56 Å². The van der Waals surface area contributed by atoms with Crippen molar-refractivity contribution in [1.29, 1.82) is 0 Å². The summed E-state index contributed by atoms with van der Waals surface area (Å²) in [5, 5.41) is 14.5. The third kappa shape index (κ3) is 4.03. The van der Waals surface area contributed by atoms with Gasteiger partial charge in [0.25, 0.3) is 5.91 Å². The van der Waals surface area contributed by atoms with Gasteiger partial charge in [0.1, 0.15) is 5.82 Å². The van der Waals surface area contributed by atoms with Crippen molar-refractivity contribution in [1.82, 2.24) is 15.1 Å². The molecule has 1 aromatic carbocycles. The molecule has 0 radical (unpaired) electrons. The quantitative estimate of drug-likeness (QED) is 0.380. The summed E-state index contributed by atoms with van der Waals surface area (Å²) in [5.41, 5.74) is 1.08. The average molecular weight is 373 g/mol. The summed E-state index contributed by atoms with van der Waals surface area (Å²) in [6.07, 6.45) is 5.73. The lowest BCUT2D eigenvalue weighted by Gasteiger charge is -2.05. The van der Waals surface area contributed by atoms with Gasteiger partial charge in [-0.05, 0) is 36.0 Å². The second-order valence-electron chi connectivity index (χ2n) is 4.89. The van der Waals surface area contributed by atoms with Crippen LogP contribution in [0.25, 0.3) is 5.69 Å². The van der Waals surface area contributed by atoms with Gasteiger partial charge in [0.15, 0.2) is 5.17 Å². The van der Waals surface area contributed by atoms with E-state index < -0.39 is 17.7 Å². The number of hydrogen-bond donors (Lipinski definition) is 1. The second-order valence-corrected chi connectivity index (χ2v) is 5.92. The summed E-state index contributed by atoms with van der Waals surface area (Å²) in [5.74, 6) is -1.55. The van der Waals surface area contributed by atoms with Gasteiger partial charge in [0.2, 0.25) is 0 Å². The summed E-state index contributed by atoms with van der Waals surface area (Å²) >= 11 is 0.947. The number of halogens is 1. The van der Waals surface area contributed by atoms with Gasteiger partial charge < -0.3 is 4.74 Å². The van der Waals surface area contributed by atoms with Gasteiger partial charge >= 0.3 is 5.97 Å². The highest BCUT2D eigenvalue weighted by Crippen LogP contribution is 2.23. The number of amides is 1. The molecule has 1 amide bonds. The van der Waals surface area contributed by atoms with Crippen LogP contribution < -0.4 is 5.32 Å². The monoisotopic (exact) mass is 373 g/mol. The van der Waals surface area contributed by atoms with Crippen LogP contribution >= 0.6 is 11.8 Å². The van der Waals surface area contributed by atoms with E-state index in [9.17, 15) is 14.0 Å². The number of amidine groups is 1. The van der Waals surface area contributed by atoms with E-state index >= 15 is 0 Å². The maximum atomic E-state index is 13.5. The molecule has 1 saturated heterocycles. The molecule has 1 aromatic heterocycles. The van der Waals surface area contributed by atoms with Crippen LogP contribution in [0.3, 0.4) is 0 Å². The molecule has 0 bridgehead atoms. The van der Waals surface area contributed by atoms with E-state index in [4.69, 9.17) is 0 Å². The summed E-state index contributed by atoms with van der Waals surface area (Å²) in [7, 11) is 1.21. The first-order valence-electron chi connectivity index (χ1n) is 7.26. The number of benzene rings is 1. The Labute approximate surface area is 151 Å². The molecule has 0 unspecified atom stereocenters. The Bertz CT molecular complexity index is 937. The summed E-state index contributed by atoms with van der Waals surface area (Å²) < 4.78 is 19.6. The number of carbonyl (C=O) groups excluding carboxylic acids is 2. The molecule has 10 heteroatoms. The molecule has 1 fully saturated rings. The predicted octanol–water partition coefficient (Wildman–Crippen LogP) is 1.62. The fourth-order valence-electron chi connectivity index (χ4n) is 2.03. The van der Waals surface area contributed by atoms with E-state index in [0.717, 1.165) is 17.8 Å². The molecule has 8 nitrogen and oxygen atoms in total. The molecule has 0 saturated carbocycles. The van der Waals surface area contributed by atoms with Crippen LogP contribution in [0.2, 0.25) is 0 Å². The first kappa shape index (κ1) is 17.5. The Morgan fingerprint density at radius 2 is 2.31 bits per heavy atom. The van der Waals surface area contributed by atoms with E-state index in [2.05, 4.69) is 25.4 Å². The van der Waals surface area contributed by atoms with Crippen molar-refractivity contribution < 1.29 is 18.7 Å². The van der Waals surface area contributed by atoms with Crippen molar-refractivity contribution in [2.24, 2.45) is 10.2 Å². The second kappa shape index (κ2) is 7.74. The number of thioether (sulfide) groups is 1. The Hall–Kier alpha value is -3.27. The normalized spacial score (nSPS) is 17.2. The number of nitrogens with zero attached hydrogens (tertiary/aromatic N) is 4. The number of hydrogen-bond acceptors (Lipinski definition) is 7. The predicted molar refractivity (Wildman–Crippen MR) is 94.4 cm³/mol. The van der Waals surface area contributed by atoms with Crippen molar-refractivity contribution in [2.45, 2.75) is 0 Å². The Kier molecular flexibility index (Phi) is 5.23. The van der Waals surface area contributed by atoms with Crippen LogP contribution in [0.5, 0.6) is 0 Å². The largest absolute Gasteiger partial charge is 0.466 e. The maximum Gasteiger partial charge on any atom is 0.331 e. The van der Waals surface area contributed by atoms with Crippen molar-refractivity contribution in [3.8, 4) is 5.69 Å². The minimum absolute atomic E-state index is 0.147. The van der Waals surface area contributed by atoms with Crippen LogP contribution in [0, 0.1) is 5.82 Å². The zero-order valence-electron chi connectivity index (χ0n) is 13.4. The van der Waals surface area contributed by atoms with Gasteiger partial charge in [-0.25, -0.2) is 13.9 Å². The number of esters is 1. The molecule has 1 aliphatic rings. The van der Waals surface area contributed by atoms with Crippen molar-refractivity contribution in [3.05, 3.63) is 59.0 Å². The van der Waals surface area contributed by atoms with E-state index in [0.29, 0.717) is 11.3 Å². The standard InChI is InChI=1S/C16H12FN5O3S/c1-25-14(23)8-13-15(24)20-16(26-13)21-18-9-10-7-11(17)3-4-12(10)22-6-2-5-19-22/h2-9H,1H3,(H,20,21,24)/b13-8+,18-9?. The van der Waals surface area contributed by atoms with E-state index in [1.807, 2.05) is 0 Å². The van der Waals surface area contributed by atoms with Crippen LogP contribution in [0.4, 0.5) is 4.39 Å². The summed E-state index contributed by atoms with van der Waals surface area (Å²) in [4.78, 5) is 23.1. The van der Waals surface area contributed by atoms with Crippen molar-refractivity contribution >= 4 is 35.0 Å². The SMILES string of the molecule is COC(=O)/C=C1/S/C(=N\N=Cc2cc(F)ccc2-n2cccn2)NC1=O. The maximum absolute atomic E-state index is 13.5. The van der Waals surface area contributed by atoms with Gasteiger partial charge in [-0.1, -0.05) is 0 Å². The smallest absolute Gasteiger partial charge is 0.331 e. The minimum atomic E-state index is -0.643. The molecule has 2 heterocycles. The van der Waals surface area contributed by atoms with E-state index in [1.165, 1.54) is 25.5 Å². The Morgan fingerprint density at radius 3 is 3.04 bits per heavy atom. The van der Waals surface area contributed by atoms with Crippen LogP contribution in [-0.2, 0) is 14.3 Å². The summed E-state index contributed by atoms with van der Waals surface area (Å²) in [6, 6.07) is 5.92. The van der Waals surface area contributed by atoms with Crippen molar-refractivity contribution in [3.63, 3.8) is 0 Å². The van der Waals surface area contributed by atoms with E-state index in [1.54, 1.807) is 29.2 Å². The molecule has 2 aromatic rings. The fraction of sp³-hybridized carbons (Fsp3) is 0.0625. The number of ether oxygens (including phenoxy) is 1. The zero-order chi connectivity index (χ0) is 18.5. The average Bonchev–Trinajstić information content (AvgIpc) is 3.26. The molecule has 132 valence electrons. The lowest BCUT2D eigenvalue weighted by molar-refractivity contribution is -0.135. The van der Waals surface area contributed by atoms with Gasteiger partial charge in [-0.3, -0.25) is 10.1 Å². The van der Waals surface area contributed by atoms with Gasteiger partial charge in [0, 0.05) is 24.0 Å². The van der Waals surface area contributed by atoms with Gasteiger partial charge in [-0.15, -0.1) is 5.10 Å². The lowest BCUT2D eigenvalue weighted by atomic mass is 10.2. The molecular weight excluding hydrogens is 361 g/mol. The molecular formula is C16H12FN5O3S. The Balaban J connectivity index is 1.80. The highest BCUT2D eigenvalue weighted by Gasteiger charge is 2.25. The third-order valence-corrected chi connectivity index (χ3v) is 4.09. The van der Waals surface area contributed by atoms with Crippen molar-refractivity contribution in [2.75, 3.05) is 7.11 Å². The van der Waals surface area contributed by atoms with Crippen LogP contribution in [0.15, 0.2) is 57.8 Å². The molecule has 1 aliphatic heterocycles. The molecule has 3 rings (SSSR count). The number of methoxy groups -OCH3 is 1.